The minimum atomic E-state index is 1.17. The molecular weight excluding hydrogens is 184 g/mol. The third kappa shape index (κ3) is 7.80. The van der Waals surface area contributed by atoms with E-state index in [2.05, 4.69) is 37.5 Å². The molecule has 0 unspecified atom stereocenters. The highest BCUT2D eigenvalue weighted by Gasteiger charge is 2.08. The van der Waals surface area contributed by atoms with Crippen molar-refractivity contribution in [2.45, 2.75) is 53.4 Å². The molecule has 0 aromatic carbocycles. The van der Waals surface area contributed by atoms with Crippen molar-refractivity contribution in [1.29, 1.82) is 0 Å². The Bertz CT molecular complexity index is 99.7. The van der Waals surface area contributed by atoms with Crippen LogP contribution in [0.4, 0.5) is 0 Å². The van der Waals surface area contributed by atoms with Gasteiger partial charge in [0.1, 0.15) is 0 Å². The van der Waals surface area contributed by atoms with E-state index in [1.807, 2.05) is 0 Å². The number of nitrogens with zero attached hydrogens (tertiary/aromatic N) is 2. The average Bonchev–Trinajstić information content (AvgIpc) is 2.19. The van der Waals surface area contributed by atoms with Crippen LogP contribution in [0.25, 0.3) is 0 Å². The van der Waals surface area contributed by atoms with Crippen molar-refractivity contribution in [2.24, 2.45) is 0 Å². The first-order chi connectivity index (χ1) is 7.28. The predicted molar refractivity (Wildman–Crippen MR) is 69.2 cm³/mol. The van der Waals surface area contributed by atoms with Gasteiger partial charge in [0, 0.05) is 0 Å². The summed E-state index contributed by atoms with van der Waals surface area (Å²) in [7, 11) is 0. The Kier molecular flexibility index (Phi) is 10.4. The third-order valence-corrected chi connectivity index (χ3v) is 2.56. The van der Waals surface area contributed by atoms with Gasteiger partial charge in [-0.3, -0.25) is 9.80 Å². The quantitative estimate of drug-likeness (QED) is 0.515. The van der Waals surface area contributed by atoms with E-state index >= 15 is 0 Å². The Morgan fingerprint density at radius 3 is 1.00 bits per heavy atom. The summed E-state index contributed by atoms with van der Waals surface area (Å²) < 4.78 is 0. The van der Waals surface area contributed by atoms with Crippen LogP contribution in [-0.4, -0.2) is 42.6 Å². The van der Waals surface area contributed by atoms with Gasteiger partial charge < -0.3 is 0 Å². The molecule has 0 aliphatic heterocycles. The van der Waals surface area contributed by atoms with Crippen LogP contribution in [0.3, 0.4) is 0 Å². The van der Waals surface area contributed by atoms with Gasteiger partial charge in [0.2, 0.25) is 0 Å². The van der Waals surface area contributed by atoms with Crippen molar-refractivity contribution in [3.63, 3.8) is 0 Å². The van der Waals surface area contributed by atoms with Gasteiger partial charge in [0.25, 0.3) is 0 Å². The third-order valence-electron chi connectivity index (χ3n) is 2.56. The van der Waals surface area contributed by atoms with Crippen LogP contribution in [-0.2, 0) is 0 Å². The van der Waals surface area contributed by atoms with Crippen molar-refractivity contribution in [1.82, 2.24) is 9.80 Å². The lowest BCUT2D eigenvalue weighted by Gasteiger charge is -2.29. The molecule has 0 aliphatic carbocycles. The van der Waals surface area contributed by atoms with E-state index in [0.29, 0.717) is 0 Å². The van der Waals surface area contributed by atoms with Gasteiger partial charge in [-0.15, -0.1) is 0 Å². The second kappa shape index (κ2) is 10.4. The zero-order valence-electron chi connectivity index (χ0n) is 11.3. The van der Waals surface area contributed by atoms with Crippen molar-refractivity contribution >= 4 is 0 Å². The number of hydrogen-bond acceptors (Lipinski definition) is 2. The maximum absolute atomic E-state index is 2.59. The van der Waals surface area contributed by atoms with Gasteiger partial charge in [0.15, 0.2) is 0 Å². The maximum Gasteiger partial charge on any atom is 0.0506 e. The lowest BCUT2D eigenvalue weighted by atomic mass is 10.3. The topological polar surface area (TPSA) is 6.48 Å². The minimum Gasteiger partial charge on any atom is -0.291 e. The SMILES string of the molecule is CCCN(CCC)CN(CCC)CCC. The molecule has 0 heterocycles. The highest BCUT2D eigenvalue weighted by Crippen LogP contribution is 2.00. The van der Waals surface area contributed by atoms with E-state index in [1.165, 1.54) is 58.5 Å². The molecule has 0 rings (SSSR count). The summed E-state index contributed by atoms with van der Waals surface area (Å²) >= 11 is 0. The Labute approximate surface area is 96.6 Å². The molecule has 0 bridgehead atoms. The van der Waals surface area contributed by atoms with Crippen LogP contribution in [0.2, 0.25) is 0 Å². The molecule has 0 N–H and O–H groups in total. The van der Waals surface area contributed by atoms with Crippen LogP contribution in [0.5, 0.6) is 0 Å². The minimum absolute atomic E-state index is 1.17. The van der Waals surface area contributed by atoms with E-state index in [9.17, 15) is 0 Å². The first-order valence-electron chi connectivity index (χ1n) is 6.73. The van der Waals surface area contributed by atoms with Crippen LogP contribution in [0.1, 0.15) is 53.4 Å². The van der Waals surface area contributed by atoms with Gasteiger partial charge in [-0.25, -0.2) is 0 Å². The molecule has 0 saturated carbocycles. The Morgan fingerprint density at radius 2 is 0.800 bits per heavy atom. The molecule has 0 amide bonds. The Balaban J connectivity index is 3.93. The summed E-state index contributed by atoms with van der Waals surface area (Å²) in [5.74, 6) is 0. The molecule has 92 valence electrons. The second-order valence-corrected chi connectivity index (χ2v) is 4.38. The first-order valence-corrected chi connectivity index (χ1v) is 6.73. The molecule has 0 fully saturated rings. The van der Waals surface area contributed by atoms with Gasteiger partial charge in [-0.05, 0) is 51.9 Å². The van der Waals surface area contributed by atoms with Gasteiger partial charge in [0.05, 0.1) is 6.67 Å². The van der Waals surface area contributed by atoms with Crippen LogP contribution >= 0.6 is 0 Å². The van der Waals surface area contributed by atoms with Gasteiger partial charge in [-0.2, -0.15) is 0 Å². The van der Waals surface area contributed by atoms with E-state index < -0.39 is 0 Å². The summed E-state index contributed by atoms with van der Waals surface area (Å²) in [6.07, 6.45) is 5.08. The molecule has 0 atom stereocenters. The number of rotatable bonds is 10. The van der Waals surface area contributed by atoms with Crippen molar-refractivity contribution < 1.29 is 0 Å². The van der Waals surface area contributed by atoms with Crippen LogP contribution < -0.4 is 0 Å². The van der Waals surface area contributed by atoms with Crippen LogP contribution in [0, 0.1) is 0 Å². The maximum atomic E-state index is 2.59. The normalized spacial score (nSPS) is 11.6. The molecule has 0 radical (unpaired) electrons. The zero-order chi connectivity index (χ0) is 11.5. The van der Waals surface area contributed by atoms with Gasteiger partial charge in [-0.1, -0.05) is 27.7 Å². The molecule has 0 aromatic heterocycles. The second-order valence-electron chi connectivity index (χ2n) is 4.38. The van der Waals surface area contributed by atoms with E-state index in [0.717, 1.165) is 0 Å². The zero-order valence-corrected chi connectivity index (χ0v) is 11.3. The smallest absolute Gasteiger partial charge is 0.0506 e. The molecule has 2 heteroatoms. The fourth-order valence-electron chi connectivity index (χ4n) is 2.05. The number of hydrogen-bond donors (Lipinski definition) is 0. The molecule has 0 aromatic rings. The summed E-state index contributed by atoms with van der Waals surface area (Å²) in [5.41, 5.74) is 0. The molecule has 2 nitrogen and oxygen atoms in total. The fraction of sp³-hybridized carbons (Fsp3) is 1.00. The molecule has 15 heavy (non-hydrogen) atoms. The first kappa shape index (κ1) is 14.9. The molecule has 0 saturated heterocycles. The van der Waals surface area contributed by atoms with E-state index in [1.54, 1.807) is 0 Å². The highest BCUT2D eigenvalue weighted by molar-refractivity contribution is 4.59. The van der Waals surface area contributed by atoms with Crippen molar-refractivity contribution in [3.8, 4) is 0 Å². The monoisotopic (exact) mass is 214 g/mol. The fourth-order valence-corrected chi connectivity index (χ4v) is 2.05. The van der Waals surface area contributed by atoms with E-state index in [4.69, 9.17) is 0 Å². The average molecular weight is 214 g/mol. The molecular formula is C13H30N2. The summed E-state index contributed by atoms with van der Waals surface area (Å²) in [6.45, 7) is 15.2. The molecule has 0 aliphatic rings. The summed E-state index contributed by atoms with van der Waals surface area (Å²) in [4.78, 5) is 5.18. The van der Waals surface area contributed by atoms with Gasteiger partial charge >= 0.3 is 0 Å². The van der Waals surface area contributed by atoms with Crippen LogP contribution in [0.15, 0.2) is 0 Å². The Hall–Kier alpha value is -0.0800. The lowest BCUT2D eigenvalue weighted by Crippen LogP contribution is -2.39. The van der Waals surface area contributed by atoms with Crippen molar-refractivity contribution in [3.05, 3.63) is 0 Å². The van der Waals surface area contributed by atoms with E-state index in [-0.39, 0.29) is 0 Å². The lowest BCUT2D eigenvalue weighted by molar-refractivity contribution is 0.131. The standard InChI is InChI=1S/C13H30N2/c1-5-9-14(10-6-2)13-15(11-7-3)12-8-4/h5-13H2,1-4H3. The largest absolute Gasteiger partial charge is 0.291 e. The summed E-state index contributed by atoms with van der Waals surface area (Å²) in [6, 6.07) is 0. The summed E-state index contributed by atoms with van der Waals surface area (Å²) in [5, 5.41) is 0. The molecule has 0 spiro atoms. The van der Waals surface area contributed by atoms with Crippen molar-refractivity contribution in [2.75, 3.05) is 32.8 Å². The highest BCUT2D eigenvalue weighted by atomic mass is 15.3. The predicted octanol–water partition coefficient (Wildman–Crippen LogP) is 3.19. The Morgan fingerprint density at radius 1 is 0.533 bits per heavy atom.